The van der Waals surface area contributed by atoms with E-state index in [9.17, 15) is 4.79 Å². The minimum atomic E-state index is -0.260. The molecule has 82 valence electrons. The van der Waals surface area contributed by atoms with Crippen LogP contribution in [0.1, 0.15) is 15.5 Å². The van der Waals surface area contributed by atoms with E-state index in [1.807, 2.05) is 0 Å². The Morgan fingerprint density at radius 3 is 2.94 bits per heavy atom. The summed E-state index contributed by atoms with van der Waals surface area (Å²) in [4.78, 5) is 19.7. The van der Waals surface area contributed by atoms with Crippen LogP contribution in [0.5, 0.6) is 0 Å². The van der Waals surface area contributed by atoms with Crippen LogP contribution in [0.3, 0.4) is 0 Å². The summed E-state index contributed by atoms with van der Waals surface area (Å²) >= 11 is 7.11. The Kier molecular flexibility index (Phi) is 3.17. The standard InChI is InChI=1S/C10H8ClN3OS/c1-6-7(11)2-3-8(13-6)14-9(15)10-12-4-5-16-10/h2-5H,1H3,(H,13,14,15). The van der Waals surface area contributed by atoms with Gasteiger partial charge in [-0.3, -0.25) is 4.79 Å². The number of nitrogens with one attached hydrogen (secondary N) is 1. The largest absolute Gasteiger partial charge is 0.304 e. The van der Waals surface area contributed by atoms with Gasteiger partial charge in [0, 0.05) is 11.6 Å². The van der Waals surface area contributed by atoms with E-state index in [-0.39, 0.29) is 5.91 Å². The van der Waals surface area contributed by atoms with Gasteiger partial charge in [0.1, 0.15) is 5.82 Å². The van der Waals surface area contributed by atoms with Crippen molar-refractivity contribution >= 4 is 34.7 Å². The maximum Gasteiger partial charge on any atom is 0.285 e. The molecule has 1 amide bonds. The van der Waals surface area contributed by atoms with Gasteiger partial charge >= 0.3 is 0 Å². The number of aryl methyl sites for hydroxylation is 1. The molecule has 0 spiro atoms. The number of hydrogen-bond donors (Lipinski definition) is 1. The minimum Gasteiger partial charge on any atom is -0.304 e. The lowest BCUT2D eigenvalue weighted by atomic mass is 10.3. The van der Waals surface area contributed by atoms with Gasteiger partial charge in [0.2, 0.25) is 0 Å². The predicted octanol–water partition coefficient (Wildman–Crippen LogP) is 2.75. The van der Waals surface area contributed by atoms with Gasteiger partial charge in [0.25, 0.3) is 5.91 Å². The summed E-state index contributed by atoms with van der Waals surface area (Å²) in [7, 11) is 0. The zero-order chi connectivity index (χ0) is 11.5. The molecule has 0 radical (unpaired) electrons. The molecule has 2 aromatic rings. The van der Waals surface area contributed by atoms with Gasteiger partial charge in [-0.2, -0.15) is 0 Å². The molecule has 16 heavy (non-hydrogen) atoms. The van der Waals surface area contributed by atoms with Crippen LogP contribution in [0.2, 0.25) is 5.02 Å². The predicted molar refractivity (Wildman–Crippen MR) is 64.1 cm³/mol. The second kappa shape index (κ2) is 4.59. The zero-order valence-corrected chi connectivity index (χ0v) is 9.97. The molecule has 0 unspecified atom stereocenters. The van der Waals surface area contributed by atoms with E-state index in [4.69, 9.17) is 11.6 Å². The van der Waals surface area contributed by atoms with Crippen molar-refractivity contribution in [2.45, 2.75) is 6.92 Å². The summed E-state index contributed by atoms with van der Waals surface area (Å²) < 4.78 is 0. The first-order valence-corrected chi connectivity index (χ1v) is 5.76. The number of nitrogens with zero attached hydrogens (tertiary/aromatic N) is 2. The highest BCUT2D eigenvalue weighted by atomic mass is 35.5. The number of halogens is 1. The van der Waals surface area contributed by atoms with Crippen LogP contribution in [-0.4, -0.2) is 15.9 Å². The maximum atomic E-state index is 11.6. The number of anilines is 1. The Labute approximate surface area is 101 Å². The van der Waals surface area contributed by atoms with Crippen LogP contribution >= 0.6 is 22.9 Å². The molecule has 2 heterocycles. The molecular weight excluding hydrogens is 246 g/mol. The van der Waals surface area contributed by atoms with Gasteiger partial charge in [0.05, 0.1) is 10.7 Å². The lowest BCUT2D eigenvalue weighted by molar-refractivity contribution is 0.102. The molecule has 0 aliphatic heterocycles. The Morgan fingerprint density at radius 2 is 2.31 bits per heavy atom. The molecule has 0 fully saturated rings. The van der Waals surface area contributed by atoms with Gasteiger partial charge in [-0.05, 0) is 19.1 Å². The van der Waals surface area contributed by atoms with Crippen LogP contribution in [-0.2, 0) is 0 Å². The molecule has 0 aromatic carbocycles. The van der Waals surface area contributed by atoms with Gasteiger partial charge in [-0.25, -0.2) is 9.97 Å². The van der Waals surface area contributed by atoms with Crippen molar-refractivity contribution in [3.8, 4) is 0 Å². The van der Waals surface area contributed by atoms with Crippen LogP contribution in [0.4, 0.5) is 5.82 Å². The van der Waals surface area contributed by atoms with E-state index < -0.39 is 0 Å². The number of aromatic nitrogens is 2. The summed E-state index contributed by atoms with van der Waals surface area (Å²) in [6, 6.07) is 3.35. The highest BCUT2D eigenvalue weighted by Gasteiger charge is 2.09. The van der Waals surface area contributed by atoms with Crippen LogP contribution in [0.15, 0.2) is 23.7 Å². The molecule has 1 N–H and O–H groups in total. The summed E-state index contributed by atoms with van der Waals surface area (Å²) in [5.41, 5.74) is 0.679. The molecule has 0 aliphatic carbocycles. The lowest BCUT2D eigenvalue weighted by Gasteiger charge is -2.03. The van der Waals surface area contributed by atoms with E-state index in [1.165, 1.54) is 11.3 Å². The second-order valence-corrected chi connectivity index (χ2v) is 4.36. The first kappa shape index (κ1) is 11.0. The third-order valence-electron chi connectivity index (χ3n) is 1.89. The average Bonchev–Trinajstić information content (AvgIpc) is 2.77. The normalized spacial score (nSPS) is 10.1. The number of hydrogen-bond acceptors (Lipinski definition) is 4. The molecule has 6 heteroatoms. The molecule has 2 rings (SSSR count). The highest BCUT2D eigenvalue weighted by molar-refractivity contribution is 7.11. The van der Waals surface area contributed by atoms with E-state index in [0.29, 0.717) is 21.5 Å². The van der Waals surface area contributed by atoms with Crippen LogP contribution in [0.25, 0.3) is 0 Å². The van der Waals surface area contributed by atoms with Gasteiger partial charge in [-0.1, -0.05) is 11.6 Å². The Balaban J connectivity index is 2.15. The number of thiazole rings is 1. The van der Waals surface area contributed by atoms with Crippen molar-refractivity contribution in [1.29, 1.82) is 0 Å². The van der Waals surface area contributed by atoms with E-state index in [2.05, 4.69) is 15.3 Å². The number of pyridine rings is 1. The molecule has 4 nitrogen and oxygen atoms in total. The van der Waals surface area contributed by atoms with Crippen molar-refractivity contribution in [3.05, 3.63) is 39.4 Å². The second-order valence-electron chi connectivity index (χ2n) is 3.06. The maximum absolute atomic E-state index is 11.6. The molecular formula is C10H8ClN3OS. The van der Waals surface area contributed by atoms with Crippen molar-refractivity contribution < 1.29 is 4.79 Å². The number of carbonyl (C=O) groups is 1. The Morgan fingerprint density at radius 1 is 1.50 bits per heavy atom. The molecule has 0 saturated carbocycles. The summed E-state index contributed by atoms with van der Waals surface area (Å²) in [6.07, 6.45) is 1.58. The SMILES string of the molecule is Cc1nc(NC(=O)c2nccs2)ccc1Cl. The summed E-state index contributed by atoms with van der Waals surface area (Å²) in [5, 5.41) is 5.38. The third kappa shape index (κ3) is 2.37. The van der Waals surface area contributed by atoms with Crippen LogP contribution < -0.4 is 5.32 Å². The zero-order valence-electron chi connectivity index (χ0n) is 8.40. The Bertz CT molecular complexity index is 513. The van der Waals surface area contributed by atoms with Crippen molar-refractivity contribution in [2.24, 2.45) is 0 Å². The van der Waals surface area contributed by atoms with Gasteiger partial charge < -0.3 is 5.32 Å². The molecule has 0 saturated heterocycles. The summed E-state index contributed by atoms with van der Waals surface area (Å²) in [5.74, 6) is 0.214. The summed E-state index contributed by atoms with van der Waals surface area (Å²) in [6.45, 7) is 1.78. The van der Waals surface area contributed by atoms with Gasteiger partial charge in [-0.15, -0.1) is 11.3 Å². The first-order chi connectivity index (χ1) is 7.66. The first-order valence-electron chi connectivity index (χ1n) is 4.51. The highest BCUT2D eigenvalue weighted by Crippen LogP contribution is 2.16. The molecule has 2 aromatic heterocycles. The van der Waals surface area contributed by atoms with Crippen LogP contribution in [0, 0.1) is 6.92 Å². The average molecular weight is 254 g/mol. The smallest absolute Gasteiger partial charge is 0.285 e. The molecule has 0 aliphatic rings. The number of carbonyl (C=O) groups excluding carboxylic acids is 1. The van der Waals surface area contributed by atoms with Crippen molar-refractivity contribution in [3.63, 3.8) is 0 Å². The lowest BCUT2D eigenvalue weighted by Crippen LogP contribution is -2.12. The number of amides is 1. The Hall–Kier alpha value is -1.46. The fraction of sp³-hybridized carbons (Fsp3) is 0.100. The third-order valence-corrected chi connectivity index (χ3v) is 3.06. The fourth-order valence-electron chi connectivity index (χ4n) is 1.12. The quantitative estimate of drug-likeness (QED) is 0.895. The van der Waals surface area contributed by atoms with E-state index in [1.54, 1.807) is 30.6 Å². The van der Waals surface area contributed by atoms with Crippen molar-refractivity contribution in [2.75, 3.05) is 5.32 Å². The minimum absolute atomic E-state index is 0.260. The topological polar surface area (TPSA) is 54.9 Å². The fourth-order valence-corrected chi connectivity index (χ4v) is 1.75. The monoisotopic (exact) mass is 253 g/mol. The van der Waals surface area contributed by atoms with Gasteiger partial charge in [0.15, 0.2) is 5.01 Å². The van der Waals surface area contributed by atoms with E-state index >= 15 is 0 Å². The van der Waals surface area contributed by atoms with E-state index in [0.717, 1.165) is 0 Å². The number of rotatable bonds is 2. The molecule has 0 bridgehead atoms. The molecule has 0 atom stereocenters. The van der Waals surface area contributed by atoms with Crippen molar-refractivity contribution in [1.82, 2.24) is 9.97 Å².